The van der Waals surface area contributed by atoms with Gasteiger partial charge in [-0.15, -0.1) is 0 Å². The zero-order chi connectivity index (χ0) is 15.5. The Morgan fingerprint density at radius 2 is 1.81 bits per heavy atom. The normalized spacial score (nSPS) is 30.1. The van der Waals surface area contributed by atoms with Gasteiger partial charge in [-0.1, -0.05) is 31.4 Å². The van der Waals surface area contributed by atoms with Gasteiger partial charge >= 0.3 is 0 Å². The lowest BCUT2D eigenvalue weighted by Gasteiger charge is -2.36. The fourth-order valence-electron chi connectivity index (χ4n) is 2.46. The summed E-state index contributed by atoms with van der Waals surface area (Å²) in [6, 6.07) is 0. The van der Waals surface area contributed by atoms with Crippen LogP contribution in [0.5, 0.6) is 0 Å². The largest absolute Gasteiger partial charge is 0.394 e. The molecule has 4 atom stereocenters. The molecule has 0 radical (unpaired) electrons. The zero-order valence-electron chi connectivity index (χ0n) is 13.0. The van der Waals surface area contributed by atoms with Crippen LogP contribution < -0.4 is 0 Å². The maximum atomic E-state index is 9.89. The molecule has 0 amide bonds. The van der Waals surface area contributed by atoms with Crippen LogP contribution in [0.4, 0.5) is 0 Å². The van der Waals surface area contributed by atoms with E-state index in [-0.39, 0.29) is 13.2 Å². The van der Waals surface area contributed by atoms with Gasteiger partial charge in [0.1, 0.15) is 24.4 Å². The van der Waals surface area contributed by atoms with Crippen molar-refractivity contribution in [3.05, 3.63) is 12.2 Å². The van der Waals surface area contributed by atoms with Crippen molar-refractivity contribution in [1.29, 1.82) is 0 Å². The third-order valence-electron chi connectivity index (χ3n) is 3.85. The van der Waals surface area contributed by atoms with Crippen LogP contribution in [0.1, 0.15) is 45.4 Å². The van der Waals surface area contributed by atoms with E-state index in [4.69, 9.17) is 14.6 Å². The molecule has 0 spiro atoms. The number of aliphatic hydroxyl groups is 3. The molecule has 0 aliphatic carbocycles. The number of allylic oxidation sites excluding steroid dienone is 2. The second-order valence-corrected chi connectivity index (χ2v) is 5.57. The van der Waals surface area contributed by atoms with Crippen molar-refractivity contribution in [3.63, 3.8) is 0 Å². The molecule has 1 fully saturated rings. The number of ether oxygens (including phenoxy) is 2. The van der Waals surface area contributed by atoms with Gasteiger partial charge in [-0.2, -0.15) is 0 Å². The van der Waals surface area contributed by atoms with Crippen LogP contribution in [0.25, 0.3) is 0 Å². The number of hydrogen-bond acceptors (Lipinski definition) is 5. The summed E-state index contributed by atoms with van der Waals surface area (Å²) in [5, 5.41) is 28.6. The molecule has 1 rings (SSSR count). The predicted molar refractivity (Wildman–Crippen MR) is 81.1 cm³/mol. The molecule has 3 N–H and O–H groups in total. The number of aliphatic hydroxyl groups excluding tert-OH is 3. The van der Waals surface area contributed by atoms with Crippen LogP contribution in [0.3, 0.4) is 0 Å². The lowest BCUT2D eigenvalue weighted by molar-refractivity contribution is -0.208. The average Bonchev–Trinajstić information content (AvgIpc) is 2.50. The van der Waals surface area contributed by atoms with E-state index in [1.54, 1.807) is 0 Å². The van der Waals surface area contributed by atoms with Crippen molar-refractivity contribution in [2.45, 2.75) is 69.9 Å². The van der Waals surface area contributed by atoms with Crippen LogP contribution >= 0.6 is 0 Å². The quantitative estimate of drug-likeness (QED) is 0.420. The molecular formula is C16H30O5. The zero-order valence-corrected chi connectivity index (χ0v) is 13.0. The molecule has 5 heteroatoms. The van der Waals surface area contributed by atoms with Gasteiger partial charge in [0, 0.05) is 6.61 Å². The van der Waals surface area contributed by atoms with E-state index in [0.717, 1.165) is 19.3 Å². The minimum absolute atomic E-state index is 0.215. The molecule has 21 heavy (non-hydrogen) atoms. The summed E-state index contributed by atoms with van der Waals surface area (Å²) in [6.07, 6.45) is 7.87. The second kappa shape index (κ2) is 11.2. The summed E-state index contributed by atoms with van der Waals surface area (Å²) in [7, 11) is 0. The Labute approximate surface area is 127 Å². The highest BCUT2D eigenvalue weighted by molar-refractivity contribution is 4.87. The SMILES string of the molecule is C/C=C/CCCCCCCO[C@@H]1CO[C@@H](CO)[C@H](O)[C@H]1O. The smallest absolute Gasteiger partial charge is 0.111 e. The van der Waals surface area contributed by atoms with E-state index in [2.05, 4.69) is 12.2 Å². The van der Waals surface area contributed by atoms with E-state index >= 15 is 0 Å². The Kier molecular flexibility index (Phi) is 9.87. The molecule has 0 aromatic heterocycles. The highest BCUT2D eigenvalue weighted by atomic mass is 16.6. The van der Waals surface area contributed by atoms with Crippen molar-refractivity contribution in [2.24, 2.45) is 0 Å². The maximum absolute atomic E-state index is 9.89. The van der Waals surface area contributed by atoms with Gasteiger partial charge in [-0.25, -0.2) is 0 Å². The van der Waals surface area contributed by atoms with Crippen molar-refractivity contribution >= 4 is 0 Å². The van der Waals surface area contributed by atoms with Gasteiger partial charge < -0.3 is 24.8 Å². The summed E-state index contributed by atoms with van der Waals surface area (Å²) < 4.78 is 10.8. The number of rotatable bonds is 10. The van der Waals surface area contributed by atoms with Gasteiger partial charge in [0.25, 0.3) is 0 Å². The maximum Gasteiger partial charge on any atom is 0.111 e. The Hall–Kier alpha value is -0.460. The lowest BCUT2D eigenvalue weighted by atomic mass is 10.0. The van der Waals surface area contributed by atoms with E-state index in [1.165, 1.54) is 19.3 Å². The molecule has 124 valence electrons. The van der Waals surface area contributed by atoms with Crippen LogP contribution in [0.15, 0.2) is 12.2 Å². The van der Waals surface area contributed by atoms with E-state index in [1.807, 2.05) is 6.92 Å². The Morgan fingerprint density at radius 1 is 1.10 bits per heavy atom. The summed E-state index contributed by atoms with van der Waals surface area (Å²) >= 11 is 0. The minimum Gasteiger partial charge on any atom is -0.394 e. The fraction of sp³-hybridized carbons (Fsp3) is 0.875. The molecule has 1 saturated heterocycles. The molecule has 1 aliphatic rings. The minimum atomic E-state index is -1.08. The van der Waals surface area contributed by atoms with Crippen molar-refractivity contribution < 1.29 is 24.8 Å². The first-order valence-electron chi connectivity index (χ1n) is 8.02. The lowest BCUT2D eigenvalue weighted by Crippen LogP contribution is -2.55. The van der Waals surface area contributed by atoms with Crippen molar-refractivity contribution in [2.75, 3.05) is 19.8 Å². The first-order valence-corrected chi connectivity index (χ1v) is 8.02. The van der Waals surface area contributed by atoms with E-state index in [0.29, 0.717) is 6.61 Å². The van der Waals surface area contributed by atoms with E-state index in [9.17, 15) is 10.2 Å². The molecular weight excluding hydrogens is 272 g/mol. The molecule has 1 aliphatic heterocycles. The van der Waals surface area contributed by atoms with Crippen molar-refractivity contribution in [3.8, 4) is 0 Å². The third kappa shape index (κ3) is 6.89. The molecule has 5 nitrogen and oxygen atoms in total. The van der Waals surface area contributed by atoms with Crippen LogP contribution in [0.2, 0.25) is 0 Å². The molecule has 0 unspecified atom stereocenters. The van der Waals surface area contributed by atoms with Gasteiger partial charge in [0.15, 0.2) is 0 Å². The molecule has 0 aromatic carbocycles. The summed E-state index contributed by atoms with van der Waals surface area (Å²) in [5.41, 5.74) is 0. The highest BCUT2D eigenvalue weighted by Gasteiger charge is 2.38. The Balaban J connectivity index is 2.02. The summed E-state index contributed by atoms with van der Waals surface area (Å²) in [5.74, 6) is 0. The topological polar surface area (TPSA) is 79.2 Å². The number of unbranched alkanes of at least 4 members (excludes halogenated alkanes) is 5. The van der Waals surface area contributed by atoms with Gasteiger partial charge in [-0.05, 0) is 26.2 Å². The first kappa shape index (κ1) is 18.6. The van der Waals surface area contributed by atoms with Gasteiger partial charge in [0.05, 0.1) is 13.2 Å². The standard InChI is InChI=1S/C16H30O5/c1-2-3-4-5-6-7-8-9-10-20-14-12-21-13(11-17)15(18)16(14)19/h2-3,13-19H,4-12H2,1H3/b3-2+/t13-,14+,15-,16-/m0/s1. The highest BCUT2D eigenvalue weighted by Crippen LogP contribution is 2.18. The third-order valence-corrected chi connectivity index (χ3v) is 3.85. The van der Waals surface area contributed by atoms with Gasteiger partial charge in [0.2, 0.25) is 0 Å². The fourth-order valence-corrected chi connectivity index (χ4v) is 2.46. The predicted octanol–water partition coefficient (Wildman–Crippen LogP) is 1.40. The van der Waals surface area contributed by atoms with Crippen LogP contribution in [-0.2, 0) is 9.47 Å². The number of hydrogen-bond donors (Lipinski definition) is 3. The average molecular weight is 302 g/mol. The van der Waals surface area contributed by atoms with E-state index < -0.39 is 24.4 Å². The van der Waals surface area contributed by atoms with Crippen LogP contribution in [0, 0.1) is 0 Å². The Morgan fingerprint density at radius 3 is 2.52 bits per heavy atom. The molecule has 0 saturated carbocycles. The molecule has 1 heterocycles. The summed E-state index contributed by atoms with van der Waals surface area (Å²) in [6.45, 7) is 2.53. The molecule has 0 aromatic rings. The summed E-state index contributed by atoms with van der Waals surface area (Å²) in [4.78, 5) is 0. The monoisotopic (exact) mass is 302 g/mol. The van der Waals surface area contributed by atoms with Gasteiger partial charge in [-0.3, -0.25) is 0 Å². The van der Waals surface area contributed by atoms with Crippen molar-refractivity contribution in [1.82, 2.24) is 0 Å². The second-order valence-electron chi connectivity index (χ2n) is 5.57. The van der Waals surface area contributed by atoms with Crippen LogP contribution in [-0.4, -0.2) is 59.6 Å². The molecule has 0 bridgehead atoms. The Bertz CT molecular complexity index is 282. The first-order chi connectivity index (χ1) is 10.2.